The minimum absolute atomic E-state index is 0.0186. The summed E-state index contributed by atoms with van der Waals surface area (Å²) in [5.41, 5.74) is 2.34. The number of anilines is 3. The number of likely N-dealkylation sites (N-methyl/N-ethyl adjacent to an activating group) is 1. The van der Waals surface area contributed by atoms with E-state index in [-0.39, 0.29) is 30.8 Å². The van der Waals surface area contributed by atoms with Crippen LogP contribution in [0.3, 0.4) is 0 Å². The zero-order chi connectivity index (χ0) is 24.5. The predicted octanol–water partition coefficient (Wildman–Crippen LogP) is 3.16. The molecule has 0 fully saturated rings. The number of methoxy groups -OCH3 is 1. The van der Waals surface area contributed by atoms with Crippen molar-refractivity contribution in [2.24, 2.45) is 0 Å². The summed E-state index contributed by atoms with van der Waals surface area (Å²) in [5.74, 6) is 0.190. The number of pyridine rings is 1. The highest BCUT2D eigenvalue weighted by Gasteiger charge is 2.13. The standard InChI is InChI=1S/C25H27N5O4/c1-17-7-6-10-22(26-17)29-24(32)16-30(2)15-23(31)27-19-13-11-18(12-14-19)25(33)28-20-8-4-5-9-21(20)34-3/h4-14H,15-16H2,1-3H3,(H,27,31)(H,28,33)(H,26,29,32). The van der Waals surface area contributed by atoms with Crippen LogP contribution in [0.2, 0.25) is 0 Å². The van der Waals surface area contributed by atoms with Gasteiger partial charge in [0.2, 0.25) is 11.8 Å². The van der Waals surface area contributed by atoms with Crippen molar-refractivity contribution in [3.05, 3.63) is 78.0 Å². The Morgan fingerprint density at radius 3 is 2.21 bits per heavy atom. The van der Waals surface area contributed by atoms with Gasteiger partial charge in [-0.1, -0.05) is 18.2 Å². The fourth-order valence-corrected chi connectivity index (χ4v) is 3.19. The Morgan fingerprint density at radius 2 is 1.53 bits per heavy atom. The van der Waals surface area contributed by atoms with E-state index < -0.39 is 0 Å². The van der Waals surface area contributed by atoms with E-state index in [4.69, 9.17) is 4.74 Å². The van der Waals surface area contributed by atoms with Gasteiger partial charge in [0.05, 0.1) is 25.9 Å². The van der Waals surface area contributed by atoms with E-state index in [0.717, 1.165) is 5.69 Å². The third-order valence-corrected chi connectivity index (χ3v) is 4.77. The van der Waals surface area contributed by atoms with Crippen LogP contribution in [0.1, 0.15) is 16.1 Å². The number of aryl methyl sites for hydroxylation is 1. The van der Waals surface area contributed by atoms with Crippen LogP contribution in [-0.4, -0.2) is 54.9 Å². The molecule has 0 aliphatic heterocycles. The van der Waals surface area contributed by atoms with E-state index >= 15 is 0 Å². The number of aromatic nitrogens is 1. The van der Waals surface area contributed by atoms with Crippen LogP contribution >= 0.6 is 0 Å². The molecule has 0 saturated carbocycles. The Labute approximate surface area is 198 Å². The van der Waals surface area contributed by atoms with Gasteiger partial charge in [-0.3, -0.25) is 19.3 Å². The molecule has 34 heavy (non-hydrogen) atoms. The average Bonchev–Trinajstić information content (AvgIpc) is 2.79. The number of carbonyl (C=O) groups excluding carboxylic acids is 3. The first-order valence-electron chi connectivity index (χ1n) is 10.6. The van der Waals surface area contributed by atoms with Gasteiger partial charge in [0.1, 0.15) is 11.6 Å². The third kappa shape index (κ3) is 7.14. The molecule has 0 saturated heterocycles. The van der Waals surface area contributed by atoms with Crippen LogP contribution in [-0.2, 0) is 9.59 Å². The molecule has 9 heteroatoms. The number of hydrogen-bond donors (Lipinski definition) is 3. The van der Waals surface area contributed by atoms with E-state index in [2.05, 4.69) is 20.9 Å². The molecule has 0 bridgehead atoms. The largest absolute Gasteiger partial charge is 0.495 e. The summed E-state index contributed by atoms with van der Waals surface area (Å²) in [7, 11) is 3.21. The number of para-hydroxylation sites is 2. The maximum absolute atomic E-state index is 12.5. The number of ether oxygens (including phenoxy) is 1. The SMILES string of the molecule is COc1ccccc1NC(=O)c1ccc(NC(=O)CN(C)CC(=O)Nc2cccc(C)n2)cc1. The molecule has 3 rings (SSSR count). The van der Waals surface area contributed by atoms with Gasteiger partial charge < -0.3 is 20.7 Å². The Bertz CT molecular complexity index is 1160. The zero-order valence-electron chi connectivity index (χ0n) is 19.3. The second kappa shape index (κ2) is 11.6. The van der Waals surface area contributed by atoms with Gasteiger partial charge in [-0.25, -0.2) is 4.98 Å². The van der Waals surface area contributed by atoms with Gasteiger partial charge in [-0.2, -0.15) is 0 Å². The number of carbonyl (C=O) groups is 3. The highest BCUT2D eigenvalue weighted by molar-refractivity contribution is 6.05. The lowest BCUT2D eigenvalue weighted by Crippen LogP contribution is -2.36. The summed E-state index contributed by atoms with van der Waals surface area (Å²) < 4.78 is 5.24. The molecule has 0 radical (unpaired) electrons. The Balaban J connectivity index is 1.48. The molecular weight excluding hydrogens is 434 g/mol. The minimum atomic E-state index is -0.295. The molecular formula is C25H27N5O4. The van der Waals surface area contributed by atoms with Gasteiger partial charge in [0.25, 0.3) is 5.91 Å². The predicted molar refractivity (Wildman–Crippen MR) is 131 cm³/mol. The first kappa shape index (κ1) is 24.4. The summed E-state index contributed by atoms with van der Waals surface area (Å²) >= 11 is 0. The third-order valence-electron chi connectivity index (χ3n) is 4.77. The van der Waals surface area contributed by atoms with Crippen LogP contribution in [0.4, 0.5) is 17.2 Å². The van der Waals surface area contributed by atoms with Crippen molar-refractivity contribution in [3.63, 3.8) is 0 Å². The van der Waals surface area contributed by atoms with Gasteiger partial charge in [-0.15, -0.1) is 0 Å². The van der Waals surface area contributed by atoms with Crippen LogP contribution < -0.4 is 20.7 Å². The number of amides is 3. The number of rotatable bonds is 9. The van der Waals surface area contributed by atoms with Gasteiger partial charge in [0, 0.05) is 16.9 Å². The molecule has 3 amide bonds. The van der Waals surface area contributed by atoms with Gasteiger partial charge >= 0.3 is 0 Å². The Kier molecular flexibility index (Phi) is 8.31. The lowest BCUT2D eigenvalue weighted by molar-refractivity contribution is -0.119. The second-order valence-corrected chi connectivity index (χ2v) is 7.66. The Morgan fingerprint density at radius 1 is 0.853 bits per heavy atom. The maximum atomic E-state index is 12.5. The quantitative estimate of drug-likeness (QED) is 0.451. The van der Waals surface area contributed by atoms with Crippen LogP contribution in [0.5, 0.6) is 5.75 Å². The second-order valence-electron chi connectivity index (χ2n) is 7.66. The molecule has 3 N–H and O–H groups in total. The summed E-state index contributed by atoms with van der Waals surface area (Å²) in [5, 5.41) is 8.27. The summed E-state index contributed by atoms with van der Waals surface area (Å²) in [6.07, 6.45) is 0. The topological polar surface area (TPSA) is 113 Å². The monoisotopic (exact) mass is 461 g/mol. The molecule has 1 heterocycles. The van der Waals surface area contributed by atoms with Crippen molar-refractivity contribution in [2.75, 3.05) is 43.2 Å². The van der Waals surface area contributed by atoms with Crippen molar-refractivity contribution >= 4 is 34.9 Å². The van der Waals surface area contributed by atoms with Crippen molar-refractivity contribution in [1.29, 1.82) is 0 Å². The van der Waals surface area contributed by atoms with Crippen molar-refractivity contribution < 1.29 is 19.1 Å². The Hall–Kier alpha value is -4.24. The maximum Gasteiger partial charge on any atom is 0.255 e. The van der Waals surface area contributed by atoms with Crippen LogP contribution in [0, 0.1) is 6.92 Å². The van der Waals surface area contributed by atoms with E-state index in [0.29, 0.717) is 28.5 Å². The number of hydrogen-bond acceptors (Lipinski definition) is 6. The molecule has 0 aliphatic rings. The molecule has 9 nitrogen and oxygen atoms in total. The first-order valence-corrected chi connectivity index (χ1v) is 10.6. The zero-order valence-corrected chi connectivity index (χ0v) is 19.3. The van der Waals surface area contributed by atoms with Crippen molar-refractivity contribution in [3.8, 4) is 5.75 Å². The first-order chi connectivity index (χ1) is 16.3. The van der Waals surface area contributed by atoms with E-state index in [1.807, 2.05) is 25.1 Å². The molecule has 1 aromatic heterocycles. The molecule has 2 aromatic carbocycles. The van der Waals surface area contributed by atoms with Crippen molar-refractivity contribution in [2.45, 2.75) is 6.92 Å². The molecule has 0 aliphatic carbocycles. The van der Waals surface area contributed by atoms with E-state index in [1.165, 1.54) is 7.11 Å². The molecule has 0 atom stereocenters. The van der Waals surface area contributed by atoms with Crippen LogP contribution in [0.25, 0.3) is 0 Å². The normalized spacial score (nSPS) is 10.5. The van der Waals surface area contributed by atoms with E-state index in [1.54, 1.807) is 60.5 Å². The fourth-order valence-electron chi connectivity index (χ4n) is 3.19. The number of benzene rings is 2. The molecule has 0 spiro atoms. The van der Waals surface area contributed by atoms with Gasteiger partial charge in [0.15, 0.2) is 0 Å². The highest BCUT2D eigenvalue weighted by Crippen LogP contribution is 2.23. The van der Waals surface area contributed by atoms with Crippen LogP contribution in [0.15, 0.2) is 66.7 Å². The highest BCUT2D eigenvalue weighted by atomic mass is 16.5. The molecule has 3 aromatic rings. The number of nitrogens with one attached hydrogen (secondary N) is 3. The molecule has 0 unspecified atom stereocenters. The lowest BCUT2D eigenvalue weighted by atomic mass is 10.2. The van der Waals surface area contributed by atoms with Crippen molar-refractivity contribution in [1.82, 2.24) is 9.88 Å². The van der Waals surface area contributed by atoms with E-state index in [9.17, 15) is 14.4 Å². The summed E-state index contributed by atoms with van der Waals surface area (Å²) in [4.78, 5) is 42.9. The average molecular weight is 462 g/mol. The number of nitrogens with zero attached hydrogens (tertiary/aromatic N) is 2. The summed E-state index contributed by atoms with van der Waals surface area (Å²) in [6.45, 7) is 1.89. The minimum Gasteiger partial charge on any atom is -0.495 e. The smallest absolute Gasteiger partial charge is 0.255 e. The fraction of sp³-hybridized carbons (Fsp3) is 0.200. The van der Waals surface area contributed by atoms with Gasteiger partial charge in [-0.05, 0) is 62.5 Å². The molecule has 176 valence electrons. The summed E-state index contributed by atoms with van der Waals surface area (Å²) in [6, 6.07) is 19.0. The lowest BCUT2D eigenvalue weighted by Gasteiger charge is -2.16.